The van der Waals surface area contributed by atoms with Gasteiger partial charge >= 0.3 is 36.5 Å². The average Bonchev–Trinajstić information content (AvgIpc) is 0.918. The Kier molecular flexibility index (Phi) is 21.2. The number of rotatable bonds is 0. The first kappa shape index (κ1) is 8.82. The van der Waals surface area contributed by atoms with E-state index in [9.17, 15) is 0 Å². The molecule has 0 unspecified atom stereocenters. The minimum atomic E-state index is 0. The van der Waals surface area contributed by atoms with Gasteiger partial charge in [0.15, 0.2) is 0 Å². The minimum Gasteiger partial charge on any atom is 0 e. The van der Waals surface area contributed by atoms with Gasteiger partial charge in [0.1, 0.15) is 0 Å². The van der Waals surface area contributed by atoms with E-state index in [0.29, 0.717) is 27.9 Å². The molecule has 0 aliphatic heterocycles. The van der Waals surface area contributed by atoms with Gasteiger partial charge in [0.25, 0.3) is 0 Å². The molecule has 0 aliphatic rings. The van der Waals surface area contributed by atoms with Crippen LogP contribution < -0.4 is 0 Å². The van der Waals surface area contributed by atoms with Crippen LogP contribution in [0.25, 0.3) is 0 Å². The van der Waals surface area contributed by atoms with Crippen LogP contribution in [0.1, 0.15) is 1.43 Å². The molecular formula is CH2BNNa. The molecule has 15 valence electrons. The third kappa shape index (κ3) is 20.1. The Morgan fingerprint density at radius 3 is 2.00 bits per heavy atom. The Hall–Kier alpha value is 0.555. The maximum absolute atomic E-state index is 7.38. The number of hydrogen-bond donors (Lipinski definition) is 0. The molecule has 0 aromatic heterocycles. The first-order chi connectivity index (χ1) is 1.41. The molecule has 1 nitrogen and oxygen atoms in total. The van der Waals surface area contributed by atoms with Gasteiger partial charge in [-0.1, -0.05) is 0 Å². The molecule has 3 heteroatoms. The van der Waals surface area contributed by atoms with Crippen molar-refractivity contribution in [3.8, 4) is 3.32 Å². The summed E-state index contributed by atoms with van der Waals surface area (Å²) >= 11 is 0.674. The van der Waals surface area contributed by atoms with Crippen LogP contribution in [0.5, 0.6) is 0 Å². The van der Waals surface area contributed by atoms with Crippen molar-refractivity contribution in [3.05, 3.63) is 0 Å². The molecule has 0 bridgehead atoms. The topological polar surface area (TPSA) is 23.8 Å². The van der Waals surface area contributed by atoms with Crippen LogP contribution in [0.3, 0.4) is 0 Å². The van der Waals surface area contributed by atoms with E-state index in [4.69, 9.17) is 5.26 Å². The van der Waals surface area contributed by atoms with Crippen molar-refractivity contribution in [3.63, 3.8) is 0 Å². The van der Waals surface area contributed by atoms with Crippen molar-refractivity contribution >= 4 is 36.3 Å². The quantitative estimate of drug-likeness (QED) is 0.347. The fourth-order valence-corrected chi connectivity index (χ4v) is 0. The molecule has 0 spiro atoms. The third-order valence-corrected chi connectivity index (χ3v) is 0. The summed E-state index contributed by atoms with van der Waals surface area (Å²) < 4.78 is 1.89. The predicted molar refractivity (Wildman–Crippen MR) is 19.2 cm³/mol. The Bertz CT molecular complexity index is 33.1. The summed E-state index contributed by atoms with van der Waals surface area (Å²) in [7, 11) is 0. The summed E-state index contributed by atoms with van der Waals surface area (Å²) in [5, 5.41) is 7.38. The SMILES string of the molecule is N#[C][Na].[B].[HH]. The van der Waals surface area contributed by atoms with Gasteiger partial charge in [0, 0.05) is 9.84 Å². The standard InChI is InChI=1S/CN.B.Na.H2/c1-2;;;/h;;;1H. The first-order valence-electron chi connectivity index (χ1n) is 0.724. The molecule has 0 heterocycles. The van der Waals surface area contributed by atoms with Crippen LogP contribution in [0, 0.1) is 8.58 Å². The molecule has 4 heavy (non-hydrogen) atoms. The molecule has 0 saturated carbocycles. The molecule has 0 rings (SSSR count). The zero-order valence-electron chi connectivity index (χ0n) is 2.52. The molecule has 0 N–H and O–H groups in total. The average molecular weight is 61.8 g/mol. The Balaban J connectivity index is -0.0000000200. The van der Waals surface area contributed by atoms with Crippen LogP contribution in [-0.4, -0.2) is 36.3 Å². The predicted octanol–water partition coefficient (Wildman–Crippen LogP) is -0.499. The van der Waals surface area contributed by atoms with E-state index in [1.54, 1.807) is 0 Å². The van der Waals surface area contributed by atoms with E-state index in [-0.39, 0.29) is 9.84 Å². The van der Waals surface area contributed by atoms with Gasteiger partial charge in [-0.05, 0) is 0 Å². The number of hydrogen-bond acceptors (Lipinski definition) is 1. The van der Waals surface area contributed by atoms with Gasteiger partial charge in [-0.3, -0.25) is 0 Å². The van der Waals surface area contributed by atoms with Crippen molar-refractivity contribution in [2.24, 2.45) is 0 Å². The van der Waals surface area contributed by atoms with Crippen LogP contribution in [-0.2, 0) is 0 Å². The van der Waals surface area contributed by atoms with E-state index >= 15 is 0 Å². The smallest absolute Gasteiger partial charge is 0 e. The second kappa shape index (κ2) is 9.60. The van der Waals surface area contributed by atoms with E-state index < -0.39 is 0 Å². The molecule has 3 radical (unpaired) electrons. The van der Waals surface area contributed by atoms with Gasteiger partial charge in [0.2, 0.25) is 0 Å². The largest absolute Gasteiger partial charge is 0 e. The Labute approximate surface area is 46.5 Å². The van der Waals surface area contributed by atoms with E-state index in [1.807, 2.05) is 3.32 Å². The first-order valence-corrected chi connectivity index (χ1v) is 1.72. The summed E-state index contributed by atoms with van der Waals surface area (Å²) in [5.41, 5.74) is 0. The van der Waals surface area contributed by atoms with Crippen molar-refractivity contribution in [1.29, 1.82) is 5.26 Å². The van der Waals surface area contributed by atoms with Crippen LogP contribution in [0.15, 0.2) is 0 Å². The fourth-order valence-electron chi connectivity index (χ4n) is 0. The number of nitriles is 1. The molecule has 0 aromatic rings. The summed E-state index contributed by atoms with van der Waals surface area (Å²) in [6.07, 6.45) is 0. The maximum atomic E-state index is 7.38. The van der Waals surface area contributed by atoms with E-state index in [2.05, 4.69) is 0 Å². The molecule has 0 saturated heterocycles. The van der Waals surface area contributed by atoms with Gasteiger partial charge in [-0.15, -0.1) is 0 Å². The van der Waals surface area contributed by atoms with E-state index in [0.717, 1.165) is 0 Å². The van der Waals surface area contributed by atoms with Crippen molar-refractivity contribution in [2.75, 3.05) is 0 Å². The monoisotopic (exact) mass is 62.0 g/mol. The van der Waals surface area contributed by atoms with Crippen LogP contribution in [0.2, 0.25) is 0 Å². The Morgan fingerprint density at radius 1 is 2.00 bits per heavy atom. The molecule has 0 atom stereocenters. The van der Waals surface area contributed by atoms with Crippen LogP contribution in [0.4, 0.5) is 0 Å². The second-order valence-corrected chi connectivity index (χ2v) is 0.671. The van der Waals surface area contributed by atoms with Crippen molar-refractivity contribution in [1.82, 2.24) is 0 Å². The minimum absolute atomic E-state index is 0. The fraction of sp³-hybridized carbons (Fsp3) is 0. The summed E-state index contributed by atoms with van der Waals surface area (Å²) in [4.78, 5) is 0. The zero-order valence-corrected chi connectivity index (χ0v) is 4.52. The van der Waals surface area contributed by atoms with Crippen LogP contribution >= 0.6 is 0 Å². The molecule has 0 amide bonds. The molecule has 0 aromatic carbocycles. The summed E-state index contributed by atoms with van der Waals surface area (Å²) in [6, 6.07) is 0. The molecular weight excluding hydrogens is 59.8 g/mol. The third-order valence-electron chi connectivity index (χ3n) is 0. The Morgan fingerprint density at radius 2 is 2.00 bits per heavy atom. The van der Waals surface area contributed by atoms with Gasteiger partial charge in [-0.25, -0.2) is 0 Å². The van der Waals surface area contributed by atoms with Gasteiger partial charge in [0.05, 0.1) is 0 Å². The molecule has 0 fully saturated rings. The van der Waals surface area contributed by atoms with E-state index in [1.165, 1.54) is 0 Å². The molecule has 0 aliphatic carbocycles. The normalized spacial score (nSPS) is 2.25. The zero-order chi connectivity index (χ0) is 2.71. The summed E-state index contributed by atoms with van der Waals surface area (Å²) in [6.45, 7) is 0. The second-order valence-electron chi connectivity index (χ2n) is 0.224. The maximum Gasteiger partial charge on any atom is 0 e. The van der Waals surface area contributed by atoms with Crippen molar-refractivity contribution in [2.45, 2.75) is 0 Å². The summed E-state index contributed by atoms with van der Waals surface area (Å²) in [5.74, 6) is 0. The van der Waals surface area contributed by atoms with Crippen molar-refractivity contribution < 1.29 is 1.43 Å². The van der Waals surface area contributed by atoms with Gasteiger partial charge in [-0.2, -0.15) is 0 Å². The van der Waals surface area contributed by atoms with Gasteiger partial charge < -0.3 is 0 Å². The number of nitrogens with zero attached hydrogens (tertiary/aromatic N) is 1.